The molecular weight excluding hydrogens is 442 g/mol. The van der Waals surface area contributed by atoms with Crippen LogP contribution in [0.25, 0.3) is 0 Å². The minimum Gasteiger partial charge on any atom is -0.393 e. The molecule has 0 saturated heterocycles. The Morgan fingerprint density at radius 2 is 1.31 bits per heavy atom. The second-order valence-electron chi connectivity index (χ2n) is 7.74. The molecule has 35 heavy (non-hydrogen) atoms. The number of hydrogen-bond donors (Lipinski definition) is 5. The third-order valence-corrected chi connectivity index (χ3v) is 5.18. The van der Waals surface area contributed by atoms with E-state index in [1.165, 1.54) is 13.3 Å². The normalized spacial score (nSPS) is 10.5. The van der Waals surface area contributed by atoms with Crippen molar-refractivity contribution in [3.8, 4) is 0 Å². The summed E-state index contributed by atoms with van der Waals surface area (Å²) in [7, 11) is 0. The molecule has 0 spiro atoms. The van der Waals surface area contributed by atoms with E-state index in [4.69, 9.17) is 5.73 Å². The zero-order valence-corrected chi connectivity index (χ0v) is 19.0. The Bertz CT molecular complexity index is 1260. The lowest BCUT2D eigenvalue weighted by Gasteiger charge is -2.19. The van der Waals surface area contributed by atoms with Gasteiger partial charge in [0.25, 0.3) is 0 Å². The summed E-state index contributed by atoms with van der Waals surface area (Å²) in [5.74, 6) is -0.307. The zero-order valence-electron chi connectivity index (χ0n) is 19.0. The molecule has 0 bridgehead atoms. The van der Waals surface area contributed by atoms with Crippen LogP contribution in [-0.2, 0) is 9.59 Å². The molecule has 9 nitrogen and oxygen atoms in total. The molecule has 0 unspecified atom stereocenters. The molecule has 0 aliphatic heterocycles. The van der Waals surface area contributed by atoms with Gasteiger partial charge in [0.1, 0.15) is 12.0 Å². The number of hydrazine groups is 1. The number of anilines is 5. The number of nitrogens with one attached hydrogen (secondary N) is 4. The third-order valence-electron chi connectivity index (χ3n) is 5.18. The fraction of sp³-hybridized carbons (Fsp3) is 0.0769. The Hall–Kier alpha value is -4.92. The van der Waals surface area contributed by atoms with E-state index >= 15 is 0 Å². The van der Waals surface area contributed by atoms with Crippen molar-refractivity contribution in [2.24, 2.45) is 0 Å². The van der Waals surface area contributed by atoms with E-state index in [0.717, 1.165) is 11.1 Å². The van der Waals surface area contributed by atoms with Gasteiger partial charge in [-0.2, -0.15) is 0 Å². The second-order valence-corrected chi connectivity index (χ2v) is 7.74. The van der Waals surface area contributed by atoms with Gasteiger partial charge in [0.15, 0.2) is 11.6 Å². The van der Waals surface area contributed by atoms with Crippen molar-refractivity contribution in [2.45, 2.75) is 12.8 Å². The number of amides is 2. The van der Waals surface area contributed by atoms with Crippen molar-refractivity contribution in [2.75, 3.05) is 21.8 Å². The first-order valence-corrected chi connectivity index (χ1v) is 10.9. The van der Waals surface area contributed by atoms with E-state index in [9.17, 15) is 9.59 Å². The Morgan fingerprint density at radius 3 is 1.89 bits per heavy atom. The Balaban J connectivity index is 1.48. The molecule has 0 atom stereocenters. The van der Waals surface area contributed by atoms with E-state index in [1.54, 1.807) is 24.3 Å². The first-order valence-electron chi connectivity index (χ1n) is 10.9. The summed E-state index contributed by atoms with van der Waals surface area (Å²) in [6, 6.07) is 26.1. The topological polar surface area (TPSA) is 134 Å². The SMILES string of the molecule is CC(=O)Nc1ccc(Nc2ncnc(NNC(=O)C(c3ccccc3)c3ccccc3)c2N)cc1. The number of nitrogens with zero attached hydrogens (tertiary/aromatic N) is 2. The van der Waals surface area contributed by atoms with Crippen molar-refractivity contribution >= 4 is 40.5 Å². The standard InChI is InChI=1S/C26H25N7O2/c1-17(34)30-20-12-14-21(15-13-20)31-24-23(27)25(29-16-28-24)32-33-26(35)22(18-8-4-2-5-9-18)19-10-6-3-7-11-19/h2-16,22H,27H2,1H3,(H,30,34)(H,33,35)(H2,28,29,31,32). The van der Waals surface area contributed by atoms with Crippen LogP contribution >= 0.6 is 0 Å². The number of rotatable bonds is 8. The lowest BCUT2D eigenvalue weighted by Crippen LogP contribution is -2.35. The monoisotopic (exact) mass is 467 g/mol. The third kappa shape index (κ3) is 5.91. The van der Waals surface area contributed by atoms with Gasteiger partial charge in [-0.1, -0.05) is 60.7 Å². The van der Waals surface area contributed by atoms with Gasteiger partial charge in [0.05, 0.1) is 5.92 Å². The van der Waals surface area contributed by atoms with Crippen molar-refractivity contribution in [1.29, 1.82) is 0 Å². The van der Waals surface area contributed by atoms with Crippen LogP contribution in [0.4, 0.5) is 28.7 Å². The van der Waals surface area contributed by atoms with Crippen molar-refractivity contribution in [3.05, 3.63) is 102 Å². The number of carbonyl (C=O) groups is 2. The van der Waals surface area contributed by atoms with E-state index in [2.05, 4.69) is 31.5 Å². The summed E-state index contributed by atoms with van der Waals surface area (Å²) in [6.45, 7) is 1.45. The smallest absolute Gasteiger partial charge is 0.250 e. The fourth-order valence-electron chi connectivity index (χ4n) is 3.55. The Kier molecular flexibility index (Phi) is 7.17. The number of hydrogen-bond acceptors (Lipinski definition) is 7. The minimum atomic E-state index is -0.521. The maximum absolute atomic E-state index is 13.2. The molecule has 0 aliphatic rings. The van der Waals surface area contributed by atoms with Crippen LogP contribution < -0.4 is 27.2 Å². The average Bonchev–Trinajstić information content (AvgIpc) is 2.87. The second kappa shape index (κ2) is 10.8. The number of benzene rings is 3. The summed E-state index contributed by atoms with van der Waals surface area (Å²) in [4.78, 5) is 32.7. The molecule has 2 amide bonds. The molecular formula is C26H25N7O2. The van der Waals surface area contributed by atoms with E-state index in [1.807, 2.05) is 60.7 Å². The molecule has 0 radical (unpaired) electrons. The molecule has 4 rings (SSSR count). The van der Waals surface area contributed by atoms with E-state index in [0.29, 0.717) is 17.2 Å². The highest BCUT2D eigenvalue weighted by Gasteiger charge is 2.23. The van der Waals surface area contributed by atoms with E-state index in [-0.39, 0.29) is 23.3 Å². The molecule has 4 aromatic rings. The summed E-state index contributed by atoms with van der Waals surface area (Å²) in [5, 5.41) is 5.82. The highest BCUT2D eigenvalue weighted by Crippen LogP contribution is 2.27. The van der Waals surface area contributed by atoms with Crippen LogP contribution in [0.15, 0.2) is 91.3 Å². The molecule has 0 fully saturated rings. The number of nitrogens with two attached hydrogens (primary N) is 1. The van der Waals surface area contributed by atoms with Gasteiger partial charge < -0.3 is 16.4 Å². The molecule has 6 N–H and O–H groups in total. The highest BCUT2D eigenvalue weighted by molar-refractivity contribution is 5.90. The first-order chi connectivity index (χ1) is 17.0. The Labute approximate surface area is 202 Å². The molecule has 176 valence electrons. The quantitative estimate of drug-likeness (QED) is 0.247. The molecule has 3 aromatic carbocycles. The number of nitrogen functional groups attached to an aromatic ring is 1. The predicted octanol–water partition coefficient (Wildman–Crippen LogP) is 4.04. The number of carbonyl (C=O) groups excluding carboxylic acids is 2. The van der Waals surface area contributed by atoms with Crippen LogP contribution in [0.3, 0.4) is 0 Å². The van der Waals surface area contributed by atoms with Gasteiger partial charge in [-0.05, 0) is 35.4 Å². The average molecular weight is 468 g/mol. The largest absolute Gasteiger partial charge is 0.393 e. The summed E-state index contributed by atoms with van der Waals surface area (Å²) in [5.41, 5.74) is 15.1. The molecule has 9 heteroatoms. The highest BCUT2D eigenvalue weighted by atomic mass is 16.2. The lowest BCUT2D eigenvalue weighted by molar-refractivity contribution is -0.121. The summed E-state index contributed by atoms with van der Waals surface area (Å²) < 4.78 is 0. The van der Waals surface area contributed by atoms with Gasteiger partial charge in [-0.15, -0.1) is 0 Å². The Morgan fingerprint density at radius 1 is 0.771 bits per heavy atom. The van der Waals surface area contributed by atoms with Crippen molar-refractivity contribution in [1.82, 2.24) is 15.4 Å². The van der Waals surface area contributed by atoms with E-state index < -0.39 is 5.92 Å². The van der Waals surface area contributed by atoms with Crippen LogP contribution in [0, 0.1) is 0 Å². The molecule has 1 aromatic heterocycles. The van der Waals surface area contributed by atoms with Gasteiger partial charge >= 0.3 is 0 Å². The van der Waals surface area contributed by atoms with Crippen LogP contribution in [0.2, 0.25) is 0 Å². The lowest BCUT2D eigenvalue weighted by atomic mass is 9.91. The molecule has 1 heterocycles. The van der Waals surface area contributed by atoms with Crippen LogP contribution in [0.1, 0.15) is 24.0 Å². The maximum atomic E-state index is 13.2. The van der Waals surface area contributed by atoms with Crippen molar-refractivity contribution in [3.63, 3.8) is 0 Å². The fourth-order valence-corrected chi connectivity index (χ4v) is 3.55. The molecule has 0 saturated carbocycles. The van der Waals surface area contributed by atoms with Gasteiger partial charge in [0.2, 0.25) is 11.8 Å². The minimum absolute atomic E-state index is 0.148. The van der Waals surface area contributed by atoms with Crippen LogP contribution in [-0.4, -0.2) is 21.8 Å². The van der Waals surface area contributed by atoms with Gasteiger partial charge in [-0.25, -0.2) is 9.97 Å². The van der Waals surface area contributed by atoms with Crippen molar-refractivity contribution < 1.29 is 9.59 Å². The van der Waals surface area contributed by atoms with Crippen LogP contribution in [0.5, 0.6) is 0 Å². The summed E-state index contributed by atoms with van der Waals surface area (Å²) in [6.07, 6.45) is 1.34. The van der Waals surface area contributed by atoms with Gasteiger partial charge in [-0.3, -0.25) is 20.4 Å². The zero-order chi connectivity index (χ0) is 24.6. The predicted molar refractivity (Wildman–Crippen MR) is 137 cm³/mol. The molecule has 0 aliphatic carbocycles. The summed E-state index contributed by atoms with van der Waals surface area (Å²) >= 11 is 0. The van der Waals surface area contributed by atoms with Gasteiger partial charge in [0, 0.05) is 18.3 Å². The first kappa shape index (κ1) is 23.2. The maximum Gasteiger partial charge on any atom is 0.250 e. The number of aromatic nitrogens is 2.